The van der Waals surface area contributed by atoms with Gasteiger partial charge in [-0.1, -0.05) is 35.9 Å². The van der Waals surface area contributed by atoms with Crippen molar-refractivity contribution in [3.05, 3.63) is 88.6 Å². The third kappa shape index (κ3) is 4.80. The van der Waals surface area contributed by atoms with Gasteiger partial charge in [-0.15, -0.1) is 0 Å². The lowest BCUT2D eigenvalue weighted by Crippen LogP contribution is -2.20. The van der Waals surface area contributed by atoms with E-state index < -0.39 is 0 Å². The van der Waals surface area contributed by atoms with Crippen molar-refractivity contribution in [3.8, 4) is 22.6 Å². The van der Waals surface area contributed by atoms with Gasteiger partial charge in [0.05, 0.1) is 20.5 Å². The fraction of sp³-hybridized carbons (Fsp3) is 0.179. The second-order valence-electron chi connectivity index (χ2n) is 8.01. The van der Waals surface area contributed by atoms with Crippen molar-refractivity contribution < 1.29 is 18.7 Å². The van der Waals surface area contributed by atoms with E-state index in [-0.39, 0.29) is 5.91 Å². The van der Waals surface area contributed by atoms with E-state index in [0.29, 0.717) is 17.3 Å². The standard InChI is InChI=1S/C28H26ClNO4/c1-17(12-26(31)30-15-19-6-5-7-22(13-19)32-3)23-14-24-25(20-8-10-21(29)11-9-20)16-34-28(24)18(2)27(23)33-4/h5-14,16H,15H2,1-4H3,(H,30,31)/b17-12+. The summed E-state index contributed by atoms with van der Waals surface area (Å²) in [7, 11) is 3.24. The molecule has 1 aromatic heterocycles. The van der Waals surface area contributed by atoms with Gasteiger partial charge in [0.1, 0.15) is 17.1 Å². The quantitative estimate of drug-likeness (QED) is 0.299. The van der Waals surface area contributed by atoms with Gasteiger partial charge in [-0.25, -0.2) is 0 Å². The molecule has 0 fully saturated rings. The summed E-state index contributed by atoms with van der Waals surface area (Å²) in [5, 5.41) is 4.55. The summed E-state index contributed by atoms with van der Waals surface area (Å²) in [6.45, 7) is 4.25. The largest absolute Gasteiger partial charge is 0.497 e. The molecule has 174 valence electrons. The Kier molecular flexibility index (Phi) is 6.94. The van der Waals surface area contributed by atoms with E-state index in [1.54, 1.807) is 26.6 Å². The lowest BCUT2D eigenvalue weighted by molar-refractivity contribution is -0.116. The number of carbonyl (C=O) groups is 1. The van der Waals surface area contributed by atoms with Gasteiger partial charge in [-0.3, -0.25) is 4.79 Å². The first-order valence-corrected chi connectivity index (χ1v) is 11.2. The summed E-state index contributed by atoms with van der Waals surface area (Å²) in [5.74, 6) is 1.24. The molecule has 5 nitrogen and oxygen atoms in total. The number of carbonyl (C=O) groups excluding carboxylic acids is 1. The number of fused-ring (bicyclic) bond motifs is 1. The first kappa shape index (κ1) is 23.5. The molecule has 3 aromatic carbocycles. The third-order valence-corrected chi connectivity index (χ3v) is 6.03. The molecule has 1 N–H and O–H groups in total. The lowest BCUT2D eigenvalue weighted by atomic mass is 9.96. The number of ether oxygens (including phenoxy) is 2. The minimum Gasteiger partial charge on any atom is -0.497 e. The highest BCUT2D eigenvalue weighted by Gasteiger charge is 2.18. The molecule has 0 aliphatic rings. The summed E-state index contributed by atoms with van der Waals surface area (Å²) >= 11 is 6.06. The Balaban J connectivity index is 1.66. The maximum absolute atomic E-state index is 12.7. The Morgan fingerprint density at radius 3 is 2.56 bits per heavy atom. The average molecular weight is 476 g/mol. The maximum Gasteiger partial charge on any atom is 0.244 e. The number of hydrogen-bond donors (Lipinski definition) is 1. The number of halogens is 1. The summed E-state index contributed by atoms with van der Waals surface area (Å²) in [5.41, 5.74) is 6.15. The number of allylic oxidation sites excluding steroid dienone is 1. The van der Waals surface area contributed by atoms with Gasteiger partial charge in [0, 0.05) is 39.7 Å². The summed E-state index contributed by atoms with van der Waals surface area (Å²) in [6.07, 6.45) is 3.33. The second-order valence-corrected chi connectivity index (χ2v) is 8.45. The molecule has 0 unspecified atom stereocenters. The number of amides is 1. The lowest BCUT2D eigenvalue weighted by Gasteiger charge is -2.13. The fourth-order valence-electron chi connectivity index (χ4n) is 4.02. The Morgan fingerprint density at radius 1 is 1.09 bits per heavy atom. The maximum atomic E-state index is 12.7. The van der Waals surface area contributed by atoms with Crippen LogP contribution in [0.25, 0.3) is 27.7 Å². The van der Waals surface area contributed by atoms with Crippen LogP contribution in [0.4, 0.5) is 0 Å². The third-order valence-electron chi connectivity index (χ3n) is 5.78. The van der Waals surface area contributed by atoms with E-state index in [4.69, 9.17) is 25.5 Å². The Labute approximate surface area is 203 Å². The molecule has 0 aliphatic carbocycles. The Hall–Kier alpha value is -3.70. The number of aryl methyl sites for hydroxylation is 1. The van der Waals surface area contributed by atoms with Crippen molar-refractivity contribution in [1.82, 2.24) is 5.32 Å². The van der Waals surface area contributed by atoms with Gasteiger partial charge >= 0.3 is 0 Å². The zero-order valence-corrected chi connectivity index (χ0v) is 20.3. The number of furan rings is 1. The van der Waals surface area contributed by atoms with Crippen LogP contribution in [0.3, 0.4) is 0 Å². The van der Waals surface area contributed by atoms with E-state index >= 15 is 0 Å². The minimum atomic E-state index is -0.190. The molecule has 1 amide bonds. The van der Waals surface area contributed by atoms with E-state index in [0.717, 1.165) is 50.1 Å². The molecule has 4 aromatic rings. The van der Waals surface area contributed by atoms with Gasteiger partial charge in [-0.2, -0.15) is 0 Å². The van der Waals surface area contributed by atoms with Crippen molar-refractivity contribution in [3.63, 3.8) is 0 Å². The van der Waals surface area contributed by atoms with Crippen molar-refractivity contribution in [2.75, 3.05) is 14.2 Å². The molecular formula is C28H26ClNO4. The number of nitrogens with one attached hydrogen (secondary N) is 1. The van der Waals surface area contributed by atoms with E-state index in [1.165, 1.54) is 0 Å². The molecule has 0 spiro atoms. The zero-order valence-electron chi connectivity index (χ0n) is 19.6. The van der Waals surface area contributed by atoms with Crippen molar-refractivity contribution in [1.29, 1.82) is 0 Å². The molecule has 1 heterocycles. The minimum absolute atomic E-state index is 0.190. The van der Waals surface area contributed by atoms with Crippen molar-refractivity contribution in [2.24, 2.45) is 0 Å². The number of benzene rings is 3. The van der Waals surface area contributed by atoms with E-state index in [9.17, 15) is 4.79 Å². The van der Waals surface area contributed by atoms with E-state index in [1.807, 2.05) is 68.4 Å². The number of rotatable bonds is 7. The highest BCUT2D eigenvalue weighted by Crippen LogP contribution is 2.40. The molecule has 0 bridgehead atoms. The molecule has 34 heavy (non-hydrogen) atoms. The summed E-state index contributed by atoms with van der Waals surface area (Å²) in [4.78, 5) is 12.7. The van der Waals surface area contributed by atoms with Gasteiger partial charge in [0.25, 0.3) is 0 Å². The van der Waals surface area contributed by atoms with Gasteiger partial charge in [-0.05, 0) is 60.9 Å². The first-order chi connectivity index (χ1) is 16.4. The van der Waals surface area contributed by atoms with Crippen molar-refractivity contribution in [2.45, 2.75) is 20.4 Å². The molecule has 0 atom stereocenters. The number of methoxy groups -OCH3 is 2. The molecule has 4 rings (SSSR count). The van der Waals surface area contributed by atoms with Gasteiger partial charge in [0.15, 0.2) is 0 Å². The van der Waals surface area contributed by atoms with Crippen LogP contribution in [-0.4, -0.2) is 20.1 Å². The molecule has 0 saturated heterocycles. The fourth-order valence-corrected chi connectivity index (χ4v) is 4.15. The van der Waals surface area contributed by atoms with Crippen molar-refractivity contribution >= 4 is 34.1 Å². The van der Waals surface area contributed by atoms with Crippen LogP contribution in [0, 0.1) is 6.92 Å². The predicted molar refractivity (Wildman–Crippen MR) is 136 cm³/mol. The monoisotopic (exact) mass is 475 g/mol. The summed E-state index contributed by atoms with van der Waals surface area (Å²) in [6, 6.07) is 17.2. The molecule has 0 saturated carbocycles. The molecule has 0 radical (unpaired) electrons. The highest BCUT2D eigenvalue weighted by molar-refractivity contribution is 6.30. The molecule has 0 aliphatic heterocycles. The molecular weight excluding hydrogens is 450 g/mol. The zero-order chi connectivity index (χ0) is 24.2. The Bertz CT molecular complexity index is 1370. The van der Waals surface area contributed by atoms with Crippen LogP contribution < -0.4 is 14.8 Å². The summed E-state index contributed by atoms with van der Waals surface area (Å²) < 4.78 is 16.9. The van der Waals surface area contributed by atoms with Crippen LogP contribution in [0.5, 0.6) is 11.5 Å². The smallest absolute Gasteiger partial charge is 0.244 e. The normalized spacial score (nSPS) is 11.5. The van der Waals surface area contributed by atoms with E-state index in [2.05, 4.69) is 5.32 Å². The number of hydrogen-bond acceptors (Lipinski definition) is 4. The molecule has 6 heteroatoms. The van der Waals surface area contributed by atoms with Crippen LogP contribution in [-0.2, 0) is 11.3 Å². The topological polar surface area (TPSA) is 60.7 Å². The van der Waals surface area contributed by atoms with Crippen LogP contribution >= 0.6 is 11.6 Å². The van der Waals surface area contributed by atoms with Crippen LogP contribution in [0.2, 0.25) is 5.02 Å². The first-order valence-electron chi connectivity index (χ1n) is 10.9. The van der Waals surface area contributed by atoms with Crippen LogP contribution in [0.1, 0.15) is 23.6 Å². The predicted octanol–water partition coefficient (Wildman–Crippen LogP) is 6.80. The van der Waals surface area contributed by atoms with Gasteiger partial charge < -0.3 is 19.2 Å². The van der Waals surface area contributed by atoms with Gasteiger partial charge in [0.2, 0.25) is 5.91 Å². The highest BCUT2D eigenvalue weighted by atomic mass is 35.5. The van der Waals surface area contributed by atoms with Crippen LogP contribution in [0.15, 0.2) is 71.4 Å². The average Bonchev–Trinajstić information content (AvgIpc) is 3.27. The Morgan fingerprint density at radius 2 is 1.85 bits per heavy atom. The second kappa shape index (κ2) is 10.1. The SMILES string of the molecule is COc1cccc(CNC(=O)/C=C(\C)c2cc3c(-c4ccc(Cl)cc4)coc3c(C)c2OC)c1.